The van der Waals surface area contributed by atoms with Crippen LogP contribution in [-0.4, -0.2) is 47.4 Å². The molecule has 2 aromatic rings. The molecular weight excluding hydrogens is 420 g/mol. The molecule has 5 rings (SSSR count). The second-order valence-corrected chi connectivity index (χ2v) is 8.78. The van der Waals surface area contributed by atoms with E-state index in [9.17, 15) is 23.9 Å². The van der Waals surface area contributed by atoms with Crippen LogP contribution in [0.2, 0.25) is 5.02 Å². The number of carboxylic acids is 1. The Bertz CT molecular complexity index is 1160. The Labute approximate surface area is 174 Å². The van der Waals surface area contributed by atoms with E-state index in [1.165, 1.54) is 4.57 Å². The number of carbonyl (C=O) groups is 2. The monoisotopic (exact) mass is 437 g/mol. The van der Waals surface area contributed by atoms with Gasteiger partial charge in [0.15, 0.2) is 0 Å². The summed E-state index contributed by atoms with van der Waals surface area (Å²) in [5.74, 6) is -2.22. The number of pyridine rings is 1. The predicted octanol–water partition coefficient (Wildman–Crippen LogP) is 2.49. The normalized spacial score (nSPS) is 26.2. The fourth-order valence-corrected chi connectivity index (χ4v) is 5.10. The average Bonchev–Trinajstić information content (AvgIpc) is 3.57. The lowest BCUT2D eigenvalue weighted by atomic mass is 10.0. The maximum absolute atomic E-state index is 15.2. The van der Waals surface area contributed by atoms with Crippen molar-refractivity contribution in [1.82, 2.24) is 9.88 Å². The maximum atomic E-state index is 15.2. The molecule has 0 radical (unpaired) electrons. The van der Waals surface area contributed by atoms with Gasteiger partial charge in [0.2, 0.25) is 11.8 Å². The molecule has 1 aromatic heterocycles. The van der Waals surface area contributed by atoms with Crippen LogP contribution < -0.4 is 15.6 Å². The minimum absolute atomic E-state index is 0.0549. The van der Waals surface area contributed by atoms with Gasteiger partial charge in [0, 0.05) is 31.1 Å². The van der Waals surface area contributed by atoms with E-state index in [0.29, 0.717) is 19.5 Å². The zero-order valence-electron chi connectivity index (χ0n) is 15.7. The van der Waals surface area contributed by atoms with Gasteiger partial charge in [-0.1, -0.05) is 11.6 Å². The largest absolute Gasteiger partial charge is 0.477 e. The quantitative estimate of drug-likeness (QED) is 0.701. The van der Waals surface area contributed by atoms with Crippen molar-refractivity contribution in [3.63, 3.8) is 0 Å². The third-order valence-electron chi connectivity index (χ3n) is 6.58. The van der Waals surface area contributed by atoms with Gasteiger partial charge in [0.05, 0.1) is 33.7 Å². The van der Waals surface area contributed by atoms with Gasteiger partial charge in [-0.3, -0.25) is 9.59 Å². The summed E-state index contributed by atoms with van der Waals surface area (Å²) in [6, 6.07) is 0.188. The highest BCUT2D eigenvalue weighted by molar-refractivity contribution is 6.38. The molecule has 2 heterocycles. The second-order valence-electron chi connectivity index (χ2n) is 8.40. The summed E-state index contributed by atoms with van der Waals surface area (Å²) in [5, 5.41) is 11.9. The first-order valence-corrected chi connectivity index (χ1v) is 10.0. The number of carbonyl (C=O) groups excluding carboxylic acids is 1. The van der Waals surface area contributed by atoms with Crippen molar-refractivity contribution in [2.45, 2.75) is 37.5 Å². The molecule has 1 amide bonds. The first-order chi connectivity index (χ1) is 14.3. The van der Waals surface area contributed by atoms with Crippen LogP contribution in [0.15, 0.2) is 17.1 Å². The maximum Gasteiger partial charge on any atom is 0.341 e. The highest BCUT2D eigenvalue weighted by atomic mass is 35.5. The Hall–Kier alpha value is -2.68. The molecule has 2 N–H and O–H groups in total. The molecule has 1 aliphatic heterocycles. The van der Waals surface area contributed by atoms with Crippen molar-refractivity contribution in [2.24, 2.45) is 5.41 Å². The minimum atomic E-state index is -1.47. The van der Waals surface area contributed by atoms with Crippen LogP contribution in [0.4, 0.5) is 14.5 Å². The van der Waals surface area contributed by atoms with E-state index in [1.807, 2.05) is 0 Å². The van der Waals surface area contributed by atoms with Crippen LogP contribution in [0.3, 0.4) is 0 Å². The van der Waals surface area contributed by atoms with Gasteiger partial charge in [0.25, 0.3) is 0 Å². The third kappa shape index (κ3) is 2.71. The number of carboxylic acid groups (broad SMARTS) is 1. The molecule has 2 saturated carbocycles. The molecule has 1 aromatic carbocycles. The molecule has 1 spiro atoms. The molecular formula is C20H18ClF2N3O4. The average molecular weight is 438 g/mol. The number of halogens is 3. The van der Waals surface area contributed by atoms with E-state index in [2.05, 4.69) is 5.32 Å². The van der Waals surface area contributed by atoms with Gasteiger partial charge in [-0.2, -0.15) is 0 Å². The lowest BCUT2D eigenvalue weighted by Crippen LogP contribution is -2.36. The summed E-state index contributed by atoms with van der Waals surface area (Å²) in [6.07, 6.45) is 2.50. The Kier molecular flexibility index (Phi) is 4.12. The van der Waals surface area contributed by atoms with E-state index in [4.69, 9.17) is 11.6 Å². The molecule has 3 aliphatic rings. The van der Waals surface area contributed by atoms with Crippen LogP contribution in [0.5, 0.6) is 0 Å². The standard InChI is InChI=1S/C20H18ClF2N3O4/c21-15-16-9(18(28)10(19(29)30)5-26(16)13-4-11(13)22)3-12(23)17(15)25-6-14(24-8-27)20(7-25)1-2-20/h3,5,8,11,13-14H,1-2,4,6-7H2,(H,24,27)(H,29,30)/t11-,13+,14+/m0/s1. The van der Waals surface area contributed by atoms with Crippen molar-refractivity contribution in [3.8, 4) is 0 Å². The van der Waals surface area contributed by atoms with Gasteiger partial charge in [0.1, 0.15) is 17.6 Å². The van der Waals surface area contributed by atoms with Gasteiger partial charge in [-0.15, -0.1) is 0 Å². The predicted molar refractivity (Wildman–Crippen MR) is 106 cm³/mol. The van der Waals surface area contributed by atoms with Crippen molar-refractivity contribution >= 4 is 40.6 Å². The zero-order chi connectivity index (χ0) is 21.4. The van der Waals surface area contributed by atoms with Crippen molar-refractivity contribution in [3.05, 3.63) is 38.9 Å². The lowest BCUT2D eigenvalue weighted by Gasteiger charge is -2.23. The smallest absolute Gasteiger partial charge is 0.341 e. The highest BCUT2D eigenvalue weighted by Crippen LogP contribution is 2.54. The Morgan fingerprint density at radius 3 is 2.67 bits per heavy atom. The van der Waals surface area contributed by atoms with Crippen molar-refractivity contribution in [2.75, 3.05) is 18.0 Å². The first kappa shape index (κ1) is 19.3. The molecule has 10 heteroatoms. The number of alkyl halides is 1. The molecule has 0 unspecified atom stereocenters. The summed E-state index contributed by atoms with van der Waals surface area (Å²) in [7, 11) is 0. The van der Waals surface area contributed by atoms with E-state index in [0.717, 1.165) is 25.1 Å². The van der Waals surface area contributed by atoms with Crippen LogP contribution in [0.1, 0.15) is 35.7 Å². The summed E-state index contributed by atoms with van der Waals surface area (Å²) in [5.41, 5.74) is -1.34. The fourth-order valence-electron chi connectivity index (χ4n) is 4.69. The van der Waals surface area contributed by atoms with Gasteiger partial charge in [-0.25, -0.2) is 13.6 Å². The van der Waals surface area contributed by atoms with Gasteiger partial charge >= 0.3 is 5.97 Å². The molecule has 2 aliphatic carbocycles. The molecule has 30 heavy (non-hydrogen) atoms. The highest BCUT2D eigenvalue weighted by Gasteiger charge is 2.55. The topological polar surface area (TPSA) is 91.6 Å². The number of aromatic carboxylic acids is 1. The van der Waals surface area contributed by atoms with E-state index >= 15 is 4.39 Å². The number of anilines is 1. The number of amides is 1. The van der Waals surface area contributed by atoms with Crippen LogP contribution in [0.25, 0.3) is 10.9 Å². The van der Waals surface area contributed by atoms with Gasteiger partial charge < -0.3 is 19.9 Å². The second kappa shape index (κ2) is 6.41. The number of hydrogen-bond acceptors (Lipinski definition) is 4. The third-order valence-corrected chi connectivity index (χ3v) is 6.94. The first-order valence-electron chi connectivity index (χ1n) is 9.66. The Balaban J connectivity index is 1.70. The van der Waals surface area contributed by atoms with Crippen LogP contribution in [0, 0.1) is 11.2 Å². The SMILES string of the molecule is O=CN[C@@H]1CN(c2c(F)cc3c(=O)c(C(=O)O)cn([C@@H]4C[C@@H]4F)c3c2Cl)CC12CC2. The molecule has 0 bridgehead atoms. The Morgan fingerprint density at radius 1 is 1.40 bits per heavy atom. The number of rotatable bonds is 5. The van der Waals surface area contributed by atoms with E-state index in [1.54, 1.807) is 4.90 Å². The van der Waals surface area contributed by atoms with Crippen LogP contribution in [-0.2, 0) is 4.79 Å². The molecule has 7 nitrogen and oxygen atoms in total. The zero-order valence-corrected chi connectivity index (χ0v) is 16.5. The number of benzene rings is 1. The van der Waals surface area contributed by atoms with E-state index < -0.39 is 35.0 Å². The number of nitrogens with one attached hydrogen (secondary N) is 1. The number of fused-ring (bicyclic) bond motifs is 1. The molecule has 1 saturated heterocycles. The van der Waals surface area contributed by atoms with Crippen LogP contribution >= 0.6 is 11.6 Å². The van der Waals surface area contributed by atoms with Crippen molar-refractivity contribution in [1.29, 1.82) is 0 Å². The number of hydrogen-bond donors (Lipinski definition) is 2. The Morgan fingerprint density at radius 2 is 2.10 bits per heavy atom. The van der Waals surface area contributed by atoms with Crippen molar-refractivity contribution < 1.29 is 23.5 Å². The molecule has 158 valence electrons. The summed E-state index contributed by atoms with van der Waals surface area (Å²) in [4.78, 5) is 36.8. The van der Waals surface area contributed by atoms with E-state index in [-0.39, 0.29) is 39.5 Å². The molecule has 3 atom stereocenters. The number of aromatic nitrogens is 1. The lowest BCUT2D eigenvalue weighted by molar-refractivity contribution is -0.110. The molecule has 3 fully saturated rings. The summed E-state index contributed by atoms with van der Waals surface area (Å²) < 4.78 is 30.4. The van der Waals surface area contributed by atoms with Gasteiger partial charge in [-0.05, 0) is 18.9 Å². The summed E-state index contributed by atoms with van der Waals surface area (Å²) >= 11 is 6.59. The summed E-state index contributed by atoms with van der Waals surface area (Å²) in [6.45, 7) is 0.848. The fraction of sp³-hybridized carbons (Fsp3) is 0.450. The minimum Gasteiger partial charge on any atom is -0.477 e. The number of nitrogens with zero attached hydrogens (tertiary/aromatic N) is 2.